The molecule has 3 heterocycles. The molecule has 0 unspecified atom stereocenters. The first-order chi connectivity index (χ1) is 31.2. The third-order valence-electron chi connectivity index (χ3n) is 11.8. The van der Waals surface area contributed by atoms with E-state index in [0.717, 1.165) is 94.3 Å². The van der Waals surface area contributed by atoms with Crippen LogP contribution in [0.3, 0.4) is 0 Å². The predicted octanol–water partition coefficient (Wildman–Crippen LogP) is 15.5. The largest absolute Gasteiger partial charge is 0.456 e. The van der Waals surface area contributed by atoms with Gasteiger partial charge in [0.25, 0.3) is 0 Å². The second-order valence-electron chi connectivity index (χ2n) is 15.5. The van der Waals surface area contributed by atoms with Crippen molar-refractivity contribution < 1.29 is 8.83 Å². The molecule has 0 N–H and O–H groups in total. The molecule has 12 aromatic rings. The highest BCUT2D eigenvalue weighted by atomic mass is 16.3. The number of nitrogens with zero attached hydrogens (tertiary/aromatic N) is 4. The molecule has 6 nitrogen and oxygen atoms in total. The number of hydrogen-bond donors (Lipinski definition) is 0. The quantitative estimate of drug-likeness (QED) is 0.152. The van der Waals surface area contributed by atoms with Gasteiger partial charge in [-0.05, 0) is 71.8 Å². The minimum Gasteiger partial charge on any atom is -0.456 e. The third kappa shape index (κ3) is 6.40. The number of hydrogen-bond acceptors (Lipinski definition) is 6. The summed E-state index contributed by atoms with van der Waals surface area (Å²) < 4.78 is 12.9. The zero-order chi connectivity index (χ0) is 41.7. The number of fused-ring (bicyclic) bond motifs is 6. The summed E-state index contributed by atoms with van der Waals surface area (Å²) in [5, 5.41) is 4.18. The lowest BCUT2D eigenvalue weighted by atomic mass is 9.99. The third-order valence-corrected chi connectivity index (χ3v) is 11.8. The van der Waals surface area contributed by atoms with E-state index in [0.29, 0.717) is 17.5 Å². The fraction of sp³-hybridized carbons (Fsp3) is 0. The smallest absolute Gasteiger partial charge is 0.164 e. The number of rotatable bonds is 8. The molecule has 0 fully saturated rings. The van der Waals surface area contributed by atoms with Gasteiger partial charge < -0.3 is 13.7 Å². The van der Waals surface area contributed by atoms with Crippen LogP contribution < -0.4 is 4.90 Å². The molecule has 3 aromatic heterocycles. The van der Waals surface area contributed by atoms with Crippen molar-refractivity contribution in [1.82, 2.24) is 15.0 Å². The van der Waals surface area contributed by atoms with E-state index in [1.807, 2.05) is 78.9 Å². The van der Waals surface area contributed by atoms with Crippen LogP contribution in [0.5, 0.6) is 0 Å². The van der Waals surface area contributed by atoms with Gasteiger partial charge in [-0.1, -0.05) is 158 Å². The highest BCUT2D eigenvalue weighted by Crippen LogP contribution is 2.45. The average molecular weight is 809 g/mol. The molecule has 0 amide bonds. The Morgan fingerprint density at radius 2 is 0.778 bits per heavy atom. The standard InChI is InChI=1S/C57H36N4O2/c1-3-15-37(16-4-1)38-29-33-41(34-30-38)61(49-25-10-7-19-43(49)45-22-13-23-46-44-20-8-11-26-50(44)63-54(45)46)42-35-31-40(32-36-42)56-58-55(39-17-5-2-6-18-39)59-57(60-56)48-24-14-28-52-53(48)47-21-9-12-27-51(47)62-52/h1-36H. The topological polar surface area (TPSA) is 68.2 Å². The molecule has 0 radical (unpaired) electrons. The Bertz CT molecular complexity index is 3620. The molecule has 0 saturated carbocycles. The lowest BCUT2D eigenvalue weighted by Crippen LogP contribution is -2.11. The Hall–Kier alpha value is -8.61. The van der Waals surface area contributed by atoms with Gasteiger partial charge in [-0.2, -0.15) is 0 Å². The van der Waals surface area contributed by atoms with Gasteiger partial charge in [-0.15, -0.1) is 0 Å². The molecule has 0 spiro atoms. The van der Waals surface area contributed by atoms with Crippen molar-refractivity contribution in [3.8, 4) is 56.4 Å². The first-order valence-electron chi connectivity index (χ1n) is 21.0. The maximum atomic E-state index is 6.59. The van der Waals surface area contributed by atoms with E-state index in [4.69, 9.17) is 23.8 Å². The lowest BCUT2D eigenvalue weighted by molar-refractivity contribution is 0.669. The van der Waals surface area contributed by atoms with Crippen molar-refractivity contribution in [3.05, 3.63) is 218 Å². The van der Waals surface area contributed by atoms with E-state index < -0.39 is 0 Å². The van der Waals surface area contributed by atoms with E-state index in [2.05, 4.69) is 144 Å². The summed E-state index contributed by atoms with van der Waals surface area (Å²) in [6, 6.07) is 75.2. The second-order valence-corrected chi connectivity index (χ2v) is 15.5. The van der Waals surface area contributed by atoms with Crippen LogP contribution in [0.2, 0.25) is 0 Å². The first kappa shape index (κ1) is 36.3. The summed E-state index contributed by atoms with van der Waals surface area (Å²) in [6.45, 7) is 0. The first-order valence-corrected chi connectivity index (χ1v) is 21.0. The Kier molecular flexibility index (Phi) is 8.71. The normalized spacial score (nSPS) is 11.5. The molecule has 0 aliphatic carbocycles. The summed E-state index contributed by atoms with van der Waals surface area (Å²) in [4.78, 5) is 17.7. The van der Waals surface area contributed by atoms with Gasteiger partial charge in [-0.25, -0.2) is 15.0 Å². The van der Waals surface area contributed by atoms with Gasteiger partial charge in [-0.3, -0.25) is 0 Å². The summed E-state index contributed by atoms with van der Waals surface area (Å²) in [5.41, 5.74) is 13.4. The summed E-state index contributed by atoms with van der Waals surface area (Å²) in [6.07, 6.45) is 0. The van der Waals surface area contributed by atoms with Crippen LogP contribution in [-0.2, 0) is 0 Å². The van der Waals surface area contributed by atoms with Crippen LogP contribution in [0.25, 0.3) is 100 Å². The van der Waals surface area contributed by atoms with Crippen molar-refractivity contribution in [2.45, 2.75) is 0 Å². The average Bonchev–Trinajstić information content (AvgIpc) is 3.94. The molecule has 9 aromatic carbocycles. The Morgan fingerprint density at radius 3 is 1.51 bits per heavy atom. The van der Waals surface area contributed by atoms with E-state index in [-0.39, 0.29) is 0 Å². The Balaban J connectivity index is 1.01. The van der Waals surface area contributed by atoms with Crippen LogP contribution in [0.15, 0.2) is 227 Å². The Morgan fingerprint density at radius 1 is 0.302 bits per heavy atom. The van der Waals surface area contributed by atoms with E-state index in [9.17, 15) is 0 Å². The van der Waals surface area contributed by atoms with E-state index >= 15 is 0 Å². The van der Waals surface area contributed by atoms with Crippen molar-refractivity contribution in [2.24, 2.45) is 0 Å². The van der Waals surface area contributed by atoms with Gasteiger partial charge >= 0.3 is 0 Å². The molecule has 296 valence electrons. The van der Waals surface area contributed by atoms with Gasteiger partial charge in [0.2, 0.25) is 0 Å². The summed E-state index contributed by atoms with van der Waals surface area (Å²) in [7, 11) is 0. The van der Waals surface area contributed by atoms with Gasteiger partial charge in [0.1, 0.15) is 22.3 Å². The highest BCUT2D eigenvalue weighted by molar-refractivity contribution is 6.12. The molecule has 0 aliphatic heterocycles. The maximum absolute atomic E-state index is 6.59. The molecule has 6 heteroatoms. The molecule has 0 bridgehead atoms. The van der Waals surface area contributed by atoms with Gasteiger partial charge in [0.15, 0.2) is 17.5 Å². The predicted molar refractivity (Wildman–Crippen MR) is 256 cm³/mol. The molecule has 12 rings (SSSR count). The molecule has 0 aliphatic rings. The number of aromatic nitrogens is 3. The van der Waals surface area contributed by atoms with Crippen LogP contribution in [0.4, 0.5) is 17.1 Å². The number of para-hydroxylation sites is 4. The molecule has 0 saturated heterocycles. The SMILES string of the molecule is c1ccc(-c2ccc(N(c3ccc(-c4nc(-c5ccccc5)nc(-c5cccc6oc7ccccc7c56)n4)cc3)c3ccccc3-c3cccc4c3oc3ccccc34)cc2)cc1. The zero-order valence-electron chi connectivity index (χ0n) is 33.9. The second kappa shape index (κ2) is 15.1. The maximum Gasteiger partial charge on any atom is 0.164 e. The van der Waals surface area contributed by atoms with Gasteiger partial charge in [0.05, 0.1) is 5.69 Å². The van der Waals surface area contributed by atoms with Crippen molar-refractivity contribution >= 4 is 60.9 Å². The lowest BCUT2D eigenvalue weighted by Gasteiger charge is -2.28. The van der Waals surface area contributed by atoms with Gasteiger partial charge in [0, 0.05) is 60.7 Å². The number of furan rings is 2. The van der Waals surface area contributed by atoms with Crippen LogP contribution in [0, 0.1) is 0 Å². The zero-order valence-corrected chi connectivity index (χ0v) is 33.9. The minimum atomic E-state index is 0.575. The number of benzene rings is 9. The van der Waals surface area contributed by atoms with Crippen LogP contribution in [-0.4, -0.2) is 15.0 Å². The van der Waals surface area contributed by atoms with E-state index in [1.165, 1.54) is 5.56 Å². The fourth-order valence-electron chi connectivity index (χ4n) is 8.78. The monoisotopic (exact) mass is 808 g/mol. The van der Waals surface area contributed by atoms with E-state index in [1.54, 1.807) is 0 Å². The van der Waals surface area contributed by atoms with Crippen molar-refractivity contribution in [1.29, 1.82) is 0 Å². The molecule has 63 heavy (non-hydrogen) atoms. The Labute approximate surface area is 363 Å². The minimum absolute atomic E-state index is 0.575. The molecular weight excluding hydrogens is 773 g/mol. The molecular formula is C57H36N4O2. The fourth-order valence-corrected chi connectivity index (χ4v) is 8.78. The highest BCUT2D eigenvalue weighted by Gasteiger charge is 2.22. The van der Waals surface area contributed by atoms with Crippen molar-refractivity contribution in [3.63, 3.8) is 0 Å². The summed E-state index contributed by atoms with van der Waals surface area (Å²) >= 11 is 0. The summed E-state index contributed by atoms with van der Waals surface area (Å²) in [5.74, 6) is 1.75. The molecule has 0 atom stereocenters. The van der Waals surface area contributed by atoms with Crippen molar-refractivity contribution in [2.75, 3.05) is 4.90 Å². The van der Waals surface area contributed by atoms with Crippen LogP contribution in [0.1, 0.15) is 0 Å². The number of anilines is 3. The van der Waals surface area contributed by atoms with Crippen LogP contribution >= 0.6 is 0 Å².